The molecule has 1 aliphatic heterocycles. The van der Waals surface area contributed by atoms with E-state index < -0.39 is 0 Å². The van der Waals surface area contributed by atoms with E-state index in [0.29, 0.717) is 12.1 Å². The molecule has 1 heterocycles. The molecule has 3 nitrogen and oxygen atoms in total. The van der Waals surface area contributed by atoms with E-state index in [-0.39, 0.29) is 18.3 Å². The van der Waals surface area contributed by atoms with Gasteiger partial charge in [-0.05, 0) is 48.6 Å². The van der Waals surface area contributed by atoms with Crippen molar-refractivity contribution in [2.75, 3.05) is 13.1 Å². The quantitative estimate of drug-likeness (QED) is 0.760. The molecule has 0 radical (unpaired) electrons. The Bertz CT molecular complexity index is 417. The average molecular weight is 381 g/mol. The normalized spacial score (nSPS) is 23.4. The van der Waals surface area contributed by atoms with Crippen LogP contribution in [0.3, 0.4) is 0 Å². The minimum Gasteiger partial charge on any atom is -0.336 e. The first-order chi connectivity index (χ1) is 8.08. The molecule has 1 N–H and O–H groups in total. The second-order valence-corrected chi connectivity index (χ2v) is 5.82. The number of hydrogen-bond donors (Lipinski definition) is 1. The summed E-state index contributed by atoms with van der Waals surface area (Å²) in [5.41, 5.74) is 0.814. The van der Waals surface area contributed by atoms with Gasteiger partial charge in [0, 0.05) is 28.7 Å². The van der Waals surface area contributed by atoms with Gasteiger partial charge in [0.25, 0.3) is 5.91 Å². The van der Waals surface area contributed by atoms with Gasteiger partial charge >= 0.3 is 0 Å². The van der Waals surface area contributed by atoms with Crippen molar-refractivity contribution in [3.8, 4) is 0 Å². The van der Waals surface area contributed by atoms with Gasteiger partial charge < -0.3 is 10.2 Å². The highest BCUT2D eigenvalue weighted by Gasteiger charge is 2.26. The second-order valence-electron chi connectivity index (χ2n) is 4.66. The minimum absolute atomic E-state index is 0. The number of benzene rings is 1. The van der Waals surface area contributed by atoms with Crippen LogP contribution in [0.15, 0.2) is 24.3 Å². The maximum atomic E-state index is 12.4. The zero-order valence-electron chi connectivity index (χ0n) is 10.5. The molecule has 100 valence electrons. The van der Waals surface area contributed by atoms with Gasteiger partial charge in [-0.2, -0.15) is 0 Å². The summed E-state index contributed by atoms with van der Waals surface area (Å²) in [5.74, 6) is 0.148. The second kappa shape index (κ2) is 6.73. The van der Waals surface area contributed by atoms with Crippen LogP contribution >= 0.6 is 35.0 Å². The molecule has 1 fully saturated rings. The lowest BCUT2D eigenvalue weighted by Crippen LogP contribution is -2.55. The first-order valence-electron chi connectivity index (χ1n) is 5.88. The smallest absolute Gasteiger partial charge is 0.255 e. The zero-order chi connectivity index (χ0) is 12.4. The van der Waals surface area contributed by atoms with Gasteiger partial charge in [0.05, 0.1) is 5.56 Å². The van der Waals surface area contributed by atoms with Crippen LogP contribution in [0.1, 0.15) is 24.2 Å². The summed E-state index contributed by atoms with van der Waals surface area (Å²) < 4.78 is 1.02. The number of rotatable bonds is 1. The summed E-state index contributed by atoms with van der Waals surface area (Å²) >= 11 is 2.22. The number of piperazine rings is 1. The highest BCUT2D eigenvalue weighted by Crippen LogP contribution is 2.16. The number of hydrogen-bond acceptors (Lipinski definition) is 2. The SMILES string of the molecule is CC1CN(C(=O)c2ccccc2I)CC(C)N1.Cl. The van der Waals surface area contributed by atoms with Crippen molar-refractivity contribution in [2.24, 2.45) is 0 Å². The molecule has 2 unspecified atom stereocenters. The lowest BCUT2D eigenvalue weighted by molar-refractivity contribution is 0.0672. The molecule has 0 aromatic heterocycles. The standard InChI is InChI=1S/C13H17IN2O.ClH/c1-9-7-16(8-10(2)15-9)13(17)11-5-3-4-6-12(11)14;/h3-6,9-10,15H,7-8H2,1-2H3;1H. The highest BCUT2D eigenvalue weighted by molar-refractivity contribution is 14.1. The van der Waals surface area contributed by atoms with Crippen LogP contribution in [0.25, 0.3) is 0 Å². The van der Waals surface area contributed by atoms with Crippen molar-refractivity contribution in [3.05, 3.63) is 33.4 Å². The van der Waals surface area contributed by atoms with Crippen LogP contribution in [0, 0.1) is 3.57 Å². The van der Waals surface area contributed by atoms with Crippen LogP contribution in [0.4, 0.5) is 0 Å². The molecule has 0 aliphatic carbocycles. The molecule has 1 aromatic carbocycles. The Balaban J connectivity index is 0.00000162. The largest absolute Gasteiger partial charge is 0.336 e. The van der Waals surface area contributed by atoms with Gasteiger partial charge in [-0.1, -0.05) is 12.1 Å². The molecule has 18 heavy (non-hydrogen) atoms. The van der Waals surface area contributed by atoms with Gasteiger partial charge in [-0.15, -0.1) is 12.4 Å². The van der Waals surface area contributed by atoms with E-state index in [0.717, 1.165) is 22.2 Å². The lowest BCUT2D eigenvalue weighted by atomic mass is 10.1. The molecule has 0 bridgehead atoms. The topological polar surface area (TPSA) is 32.3 Å². The molecular weight excluding hydrogens is 363 g/mol. The van der Waals surface area contributed by atoms with Gasteiger partial charge in [-0.3, -0.25) is 4.79 Å². The molecule has 1 saturated heterocycles. The van der Waals surface area contributed by atoms with Crippen LogP contribution in [0.2, 0.25) is 0 Å². The van der Waals surface area contributed by atoms with Crippen molar-refractivity contribution >= 4 is 40.9 Å². The van der Waals surface area contributed by atoms with E-state index in [9.17, 15) is 4.79 Å². The Labute approximate surface area is 128 Å². The molecule has 2 atom stereocenters. The van der Waals surface area contributed by atoms with E-state index in [4.69, 9.17) is 0 Å². The van der Waals surface area contributed by atoms with Crippen LogP contribution in [0.5, 0.6) is 0 Å². The fourth-order valence-electron chi connectivity index (χ4n) is 2.30. The first-order valence-corrected chi connectivity index (χ1v) is 6.95. The van der Waals surface area contributed by atoms with Crippen molar-refractivity contribution < 1.29 is 4.79 Å². The number of halogens is 2. The fraction of sp³-hybridized carbons (Fsp3) is 0.462. The van der Waals surface area contributed by atoms with Gasteiger partial charge in [0.2, 0.25) is 0 Å². The third-order valence-electron chi connectivity index (χ3n) is 2.95. The molecule has 0 saturated carbocycles. The molecule has 5 heteroatoms. The Morgan fingerprint density at radius 2 is 1.83 bits per heavy atom. The van der Waals surface area contributed by atoms with E-state index in [2.05, 4.69) is 41.8 Å². The third kappa shape index (κ3) is 3.59. The Morgan fingerprint density at radius 1 is 1.28 bits per heavy atom. The summed E-state index contributed by atoms with van der Waals surface area (Å²) in [7, 11) is 0. The summed E-state index contributed by atoms with van der Waals surface area (Å²) in [6.07, 6.45) is 0. The minimum atomic E-state index is 0. The monoisotopic (exact) mass is 380 g/mol. The van der Waals surface area contributed by atoms with Crippen molar-refractivity contribution in [1.29, 1.82) is 0 Å². The van der Waals surface area contributed by atoms with Gasteiger partial charge in [-0.25, -0.2) is 0 Å². The molecule has 1 aliphatic rings. The summed E-state index contributed by atoms with van der Waals surface area (Å²) in [4.78, 5) is 14.4. The van der Waals surface area contributed by atoms with Crippen molar-refractivity contribution in [1.82, 2.24) is 10.2 Å². The predicted molar refractivity (Wildman–Crippen MR) is 84.4 cm³/mol. The maximum Gasteiger partial charge on any atom is 0.255 e. The van der Waals surface area contributed by atoms with Crippen molar-refractivity contribution in [3.63, 3.8) is 0 Å². The number of carbonyl (C=O) groups is 1. The molecule has 2 rings (SSSR count). The number of nitrogens with one attached hydrogen (secondary N) is 1. The van der Waals surface area contributed by atoms with Gasteiger partial charge in [0.15, 0.2) is 0 Å². The Hall–Kier alpha value is -0.330. The van der Waals surface area contributed by atoms with Crippen LogP contribution in [-0.2, 0) is 0 Å². The highest BCUT2D eigenvalue weighted by atomic mass is 127. The summed E-state index contributed by atoms with van der Waals surface area (Å²) in [6, 6.07) is 8.49. The first kappa shape index (κ1) is 15.7. The molecule has 1 aromatic rings. The number of carbonyl (C=O) groups excluding carboxylic acids is 1. The van der Waals surface area contributed by atoms with Crippen LogP contribution in [-0.4, -0.2) is 36.0 Å². The predicted octanol–water partition coefficient (Wildman–Crippen LogP) is 2.54. The van der Waals surface area contributed by atoms with E-state index >= 15 is 0 Å². The maximum absolute atomic E-state index is 12.4. The Kier molecular flexibility index (Phi) is 5.88. The number of nitrogens with zero attached hydrogens (tertiary/aromatic N) is 1. The van der Waals surface area contributed by atoms with E-state index in [1.54, 1.807) is 0 Å². The lowest BCUT2D eigenvalue weighted by Gasteiger charge is -2.36. The summed E-state index contributed by atoms with van der Waals surface area (Å²) in [6.45, 7) is 5.81. The summed E-state index contributed by atoms with van der Waals surface area (Å²) in [5, 5.41) is 3.43. The molecule has 1 amide bonds. The molecule has 0 spiro atoms. The Morgan fingerprint density at radius 3 is 2.39 bits per heavy atom. The van der Waals surface area contributed by atoms with Crippen molar-refractivity contribution in [2.45, 2.75) is 25.9 Å². The molecular formula is C13H18ClIN2O. The van der Waals surface area contributed by atoms with Gasteiger partial charge in [0.1, 0.15) is 0 Å². The number of amides is 1. The zero-order valence-corrected chi connectivity index (χ0v) is 13.5. The van der Waals surface area contributed by atoms with E-state index in [1.807, 2.05) is 29.2 Å². The average Bonchev–Trinajstić information content (AvgIpc) is 2.27. The fourth-order valence-corrected chi connectivity index (χ4v) is 2.92. The van der Waals surface area contributed by atoms with Crippen LogP contribution < -0.4 is 5.32 Å². The van der Waals surface area contributed by atoms with E-state index in [1.165, 1.54) is 0 Å². The third-order valence-corrected chi connectivity index (χ3v) is 3.89.